The number of halogens is 1. The van der Waals surface area contributed by atoms with Crippen molar-refractivity contribution in [2.24, 2.45) is 0 Å². The smallest absolute Gasteiger partial charge is 0.229 e. The van der Waals surface area contributed by atoms with Crippen molar-refractivity contribution >= 4 is 29.1 Å². The van der Waals surface area contributed by atoms with Crippen molar-refractivity contribution in [2.45, 2.75) is 32.6 Å². The van der Waals surface area contributed by atoms with Gasteiger partial charge in [-0.15, -0.1) is 0 Å². The van der Waals surface area contributed by atoms with E-state index in [1.807, 2.05) is 37.3 Å². The number of aryl methyl sites for hydroxylation is 1. The van der Waals surface area contributed by atoms with Gasteiger partial charge in [-0.3, -0.25) is 0 Å². The first-order chi connectivity index (χ1) is 12.2. The lowest BCUT2D eigenvalue weighted by Crippen LogP contribution is -2.31. The van der Waals surface area contributed by atoms with E-state index in [1.54, 1.807) is 0 Å². The summed E-state index contributed by atoms with van der Waals surface area (Å²) in [7, 11) is 0. The second kappa shape index (κ2) is 9.02. The summed E-state index contributed by atoms with van der Waals surface area (Å²) in [6.07, 6.45) is 5.21. The molecule has 25 heavy (non-hydrogen) atoms. The fraction of sp³-hybridized carbons (Fsp3) is 0.474. The number of aromatic nitrogens is 2. The molecule has 0 aliphatic carbocycles. The molecule has 0 atom stereocenters. The number of nitrogens with one attached hydrogen (secondary N) is 2. The van der Waals surface area contributed by atoms with Crippen LogP contribution in [0.2, 0.25) is 5.02 Å². The van der Waals surface area contributed by atoms with Crippen LogP contribution < -0.4 is 10.6 Å². The van der Waals surface area contributed by atoms with Crippen LogP contribution in [0.4, 0.5) is 17.5 Å². The fourth-order valence-electron chi connectivity index (χ4n) is 3.08. The van der Waals surface area contributed by atoms with Gasteiger partial charge in [0.25, 0.3) is 0 Å². The van der Waals surface area contributed by atoms with Crippen LogP contribution in [-0.4, -0.2) is 41.0 Å². The molecule has 2 aromatic rings. The maximum Gasteiger partial charge on any atom is 0.229 e. The SMILES string of the molecule is Cc1cc(NCCCN2CCCCC2)nc(Nc2ccc(Cl)cc2)n1. The average molecular weight is 360 g/mol. The minimum absolute atomic E-state index is 0.598. The van der Waals surface area contributed by atoms with E-state index in [0.29, 0.717) is 11.0 Å². The van der Waals surface area contributed by atoms with Gasteiger partial charge in [0, 0.05) is 29.0 Å². The van der Waals surface area contributed by atoms with Crippen LogP contribution in [0, 0.1) is 6.92 Å². The second-order valence-corrected chi connectivity index (χ2v) is 6.97. The van der Waals surface area contributed by atoms with Crippen LogP contribution >= 0.6 is 11.6 Å². The summed E-state index contributed by atoms with van der Waals surface area (Å²) < 4.78 is 0. The molecule has 1 saturated heterocycles. The van der Waals surface area contributed by atoms with Crippen molar-refractivity contribution in [3.05, 3.63) is 41.0 Å². The molecule has 0 bridgehead atoms. The fourth-order valence-corrected chi connectivity index (χ4v) is 3.21. The number of hydrogen-bond acceptors (Lipinski definition) is 5. The van der Waals surface area contributed by atoms with Crippen molar-refractivity contribution < 1.29 is 0 Å². The number of hydrogen-bond donors (Lipinski definition) is 2. The summed E-state index contributed by atoms with van der Waals surface area (Å²) in [6, 6.07) is 9.51. The molecule has 2 N–H and O–H groups in total. The minimum Gasteiger partial charge on any atom is -0.370 e. The Morgan fingerprint density at radius 1 is 1.08 bits per heavy atom. The Balaban J connectivity index is 1.51. The molecule has 0 spiro atoms. The van der Waals surface area contributed by atoms with E-state index in [1.165, 1.54) is 32.4 Å². The summed E-state index contributed by atoms with van der Waals surface area (Å²) in [5.74, 6) is 1.46. The highest BCUT2D eigenvalue weighted by atomic mass is 35.5. The molecule has 1 aromatic carbocycles. The normalized spacial score (nSPS) is 15.1. The predicted molar refractivity (Wildman–Crippen MR) is 105 cm³/mol. The first kappa shape index (κ1) is 18.0. The van der Waals surface area contributed by atoms with E-state index in [-0.39, 0.29) is 0 Å². The monoisotopic (exact) mass is 359 g/mol. The Kier molecular flexibility index (Phi) is 6.48. The van der Waals surface area contributed by atoms with Crippen molar-refractivity contribution in [2.75, 3.05) is 36.8 Å². The lowest BCUT2D eigenvalue weighted by atomic mass is 10.1. The Labute approximate surface area is 154 Å². The maximum atomic E-state index is 5.92. The topological polar surface area (TPSA) is 53.1 Å². The summed E-state index contributed by atoms with van der Waals surface area (Å²) in [5.41, 5.74) is 1.86. The lowest BCUT2D eigenvalue weighted by Gasteiger charge is -2.26. The zero-order chi connectivity index (χ0) is 17.5. The molecule has 2 heterocycles. The van der Waals surface area contributed by atoms with Gasteiger partial charge in [0.05, 0.1) is 0 Å². The molecule has 0 unspecified atom stereocenters. The van der Waals surface area contributed by atoms with E-state index in [0.717, 1.165) is 36.7 Å². The molecule has 0 amide bonds. The van der Waals surface area contributed by atoms with Gasteiger partial charge in [-0.25, -0.2) is 4.98 Å². The molecule has 0 saturated carbocycles. The first-order valence-electron chi connectivity index (χ1n) is 9.03. The largest absolute Gasteiger partial charge is 0.370 e. The molecular weight excluding hydrogens is 334 g/mol. The van der Waals surface area contributed by atoms with Gasteiger partial charge in [0.15, 0.2) is 0 Å². The van der Waals surface area contributed by atoms with Crippen LogP contribution in [0.1, 0.15) is 31.4 Å². The number of rotatable bonds is 7. The highest BCUT2D eigenvalue weighted by Crippen LogP contribution is 2.18. The summed E-state index contributed by atoms with van der Waals surface area (Å²) in [4.78, 5) is 11.6. The molecule has 1 aromatic heterocycles. The average Bonchev–Trinajstić information content (AvgIpc) is 2.61. The van der Waals surface area contributed by atoms with Crippen LogP contribution in [0.3, 0.4) is 0 Å². The third-order valence-electron chi connectivity index (χ3n) is 4.36. The highest BCUT2D eigenvalue weighted by Gasteiger charge is 2.09. The van der Waals surface area contributed by atoms with Crippen molar-refractivity contribution in [1.82, 2.24) is 14.9 Å². The number of nitrogens with zero attached hydrogens (tertiary/aromatic N) is 3. The molecular formula is C19H26ClN5. The quantitative estimate of drug-likeness (QED) is 0.714. The van der Waals surface area contributed by atoms with Crippen LogP contribution in [0.25, 0.3) is 0 Å². The van der Waals surface area contributed by atoms with Crippen LogP contribution in [0.5, 0.6) is 0 Å². The third kappa shape index (κ3) is 5.87. The minimum atomic E-state index is 0.598. The van der Waals surface area contributed by atoms with Gasteiger partial charge >= 0.3 is 0 Å². The maximum absolute atomic E-state index is 5.92. The molecule has 1 aliphatic heterocycles. The van der Waals surface area contributed by atoms with Crippen LogP contribution in [-0.2, 0) is 0 Å². The molecule has 1 fully saturated rings. The van der Waals surface area contributed by atoms with E-state index >= 15 is 0 Å². The van der Waals surface area contributed by atoms with Gasteiger partial charge in [0.2, 0.25) is 5.95 Å². The number of benzene rings is 1. The zero-order valence-electron chi connectivity index (χ0n) is 14.8. The zero-order valence-corrected chi connectivity index (χ0v) is 15.5. The standard InChI is InChI=1S/C19H26ClN5/c1-15-14-18(21-10-5-13-25-11-3-2-4-12-25)24-19(22-15)23-17-8-6-16(20)7-9-17/h6-9,14H,2-5,10-13H2,1H3,(H2,21,22,23,24). The van der Waals surface area contributed by atoms with E-state index in [2.05, 4.69) is 25.5 Å². The lowest BCUT2D eigenvalue weighted by molar-refractivity contribution is 0.228. The Morgan fingerprint density at radius 2 is 1.84 bits per heavy atom. The molecule has 6 heteroatoms. The number of likely N-dealkylation sites (tertiary alicyclic amines) is 1. The van der Waals surface area contributed by atoms with E-state index < -0.39 is 0 Å². The van der Waals surface area contributed by atoms with Gasteiger partial charge in [-0.1, -0.05) is 18.0 Å². The second-order valence-electron chi connectivity index (χ2n) is 6.53. The van der Waals surface area contributed by atoms with Crippen LogP contribution in [0.15, 0.2) is 30.3 Å². The van der Waals surface area contributed by atoms with Crippen molar-refractivity contribution in [3.8, 4) is 0 Å². The van der Waals surface area contributed by atoms with Crippen molar-refractivity contribution in [3.63, 3.8) is 0 Å². The molecule has 1 aliphatic rings. The Bertz CT molecular complexity index is 668. The molecule has 5 nitrogen and oxygen atoms in total. The Hall–Kier alpha value is -1.85. The highest BCUT2D eigenvalue weighted by molar-refractivity contribution is 6.30. The molecule has 3 rings (SSSR count). The summed E-state index contributed by atoms with van der Waals surface area (Å²) >= 11 is 5.92. The predicted octanol–water partition coefficient (Wildman–Crippen LogP) is 4.47. The third-order valence-corrected chi connectivity index (χ3v) is 4.61. The molecule has 0 radical (unpaired) electrons. The van der Waals surface area contributed by atoms with Gasteiger partial charge < -0.3 is 15.5 Å². The van der Waals surface area contributed by atoms with E-state index in [4.69, 9.17) is 11.6 Å². The van der Waals surface area contributed by atoms with Gasteiger partial charge in [0.1, 0.15) is 5.82 Å². The van der Waals surface area contributed by atoms with Crippen molar-refractivity contribution in [1.29, 1.82) is 0 Å². The van der Waals surface area contributed by atoms with Gasteiger partial charge in [-0.2, -0.15) is 4.98 Å². The number of anilines is 3. The first-order valence-corrected chi connectivity index (χ1v) is 9.41. The van der Waals surface area contributed by atoms with E-state index in [9.17, 15) is 0 Å². The van der Waals surface area contributed by atoms with Gasteiger partial charge in [-0.05, 0) is 70.1 Å². The molecule has 134 valence electrons. The number of piperidine rings is 1. The summed E-state index contributed by atoms with van der Waals surface area (Å²) in [5, 5.41) is 7.36. The summed E-state index contributed by atoms with van der Waals surface area (Å²) in [6.45, 7) is 6.57. The Morgan fingerprint density at radius 3 is 2.60 bits per heavy atom.